The van der Waals surface area contributed by atoms with Crippen LogP contribution in [-0.4, -0.2) is 143 Å². The van der Waals surface area contributed by atoms with Gasteiger partial charge >= 0.3 is 47.2 Å². The molecule has 0 spiro atoms. The number of esters is 2. The molecule has 3 radical (unpaired) electrons. The maximum atomic E-state index is 10.8. The number of carbonyl (C=O) groups is 3. The number of hydrogen-bond acceptors (Lipinski definition) is 14. The number of carboxylic acids is 1. The fourth-order valence-electron chi connectivity index (χ4n) is 1.41. The molecule has 0 aromatic rings. The Hall–Kier alpha value is -1.34. The van der Waals surface area contributed by atoms with Crippen LogP contribution in [0.4, 0.5) is 0 Å². The van der Waals surface area contributed by atoms with E-state index in [0.717, 1.165) is 7.11 Å². The molecule has 0 bridgehead atoms. The van der Waals surface area contributed by atoms with Gasteiger partial charge in [0.25, 0.3) is 0 Å². The first-order valence-corrected chi connectivity index (χ1v) is 13.1. The second kappa shape index (κ2) is 41.8. The number of aliphatic hydroxyl groups is 7. The summed E-state index contributed by atoms with van der Waals surface area (Å²) in [4.78, 5) is 30.7. The van der Waals surface area contributed by atoms with Crippen LogP contribution in [0.3, 0.4) is 0 Å². The van der Waals surface area contributed by atoms with E-state index in [2.05, 4.69) is 4.74 Å². The number of aliphatic carboxylic acids is 1. The number of methoxy groups -OCH3 is 1. The van der Waals surface area contributed by atoms with Gasteiger partial charge in [0.2, 0.25) is 0 Å². The van der Waals surface area contributed by atoms with Crippen molar-refractivity contribution >= 4 is 36.7 Å². The summed E-state index contributed by atoms with van der Waals surface area (Å²) in [7, 11) is -2.37. The van der Waals surface area contributed by atoms with Crippen LogP contribution in [0.15, 0.2) is 0 Å². The van der Waals surface area contributed by atoms with Gasteiger partial charge in [-0.3, -0.25) is 23.5 Å². The van der Waals surface area contributed by atoms with Crippen molar-refractivity contribution in [1.82, 2.24) is 0 Å². The Kier molecular flexibility index (Phi) is 59.7. The zero-order valence-electron chi connectivity index (χ0n) is 26.7. The molecule has 20 heteroatoms. The molecule has 0 aromatic carbocycles. The summed E-state index contributed by atoms with van der Waals surface area (Å²) >= 11 is 0. The molecule has 0 aliphatic heterocycles. The quantitative estimate of drug-likeness (QED) is 0.0578. The summed E-state index contributed by atoms with van der Waals surface area (Å²) in [6, 6.07) is 0. The van der Waals surface area contributed by atoms with Gasteiger partial charge in [-0.05, 0) is 41.0 Å². The van der Waals surface area contributed by atoms with Crippen molar-refractivity contribution in [1.29, 1.82) is 0 Å². The minimum absolute atomic E-state index is 0. The number of aliphatic hydroxyl groups excluding tert-OH is 7. The molecule has 17 nitrogen and oxygen atoms in total. The van der Waals surface area contributed by atoms with E-state index in [9.17, 15) is 14.4 Å². The summed E-state index contributed by atoms with van der Waals surface area (Å²) in [5.74, 6) is -1.76. The Morgan fingerprint density at radius 1 is 0.714 bits per heavy atom. The predicted molar refractivity (Wildman–Crippen MR) is 148 cm³/mol. The van der Waals surface area contributed by atoms with Crippen molar-refractivity contribution in [3.63, 3.8) is 0 Å². The number of rotatable bonds is 11. The summed E-state index contributed by atoms with van der Waals surface area (Å²) in [6.07, 6.45) is -1.94. The molecule has 0 aliphatic rings. The minimum Gasteiger partial charge on any atom is -1.00 e. The standard InChI is InChI=1S/C8H16O4.C5H10O3.C4H8O3.C4H10O2.CH4O.B.Li.H2O4S.H/c1-6(9)3-4-12-8(11)5-7(2)10;1-4(6)3-5(7)8-2;1-3(5)2-4(6)7;1-4(6)2-3-5;1-2;;;1-5(2,3)4;/h6-7,9-10H,3-5H2,1-2H3;4,6H,3H2,1-2H3;3,5H,2H2,1H3,(H,6,7);4-6H,2-3H2,1H3;2H,1H3;;;(H2,1,2,3,4);/q;;;;;;+1;;-1/t6-,7-;4-;3-;4-;;;;;/m0000...../s1. The molecule has 0 heterocycles. The molecule has 251 valence electrons. The van der Waals surface area contributed by atoms with E-state index in [1.807, 2.05) is 0 Å². The molecule has 0 saturated carbocycles. The molecule has 42 heavy (non-hydrogen) atoms. The number of hydrogen-bond donors (Lipinski definition) is 10. The SMILES string of the molecule is CO.COC(=O)C[C@H](C)O.C[C@H](O)CC(=O)O.C[C@H](O)CCO.C[C@H](O)CCOC(=O)C[C@H](C)O.O=S(=O)(O)O.[B].[H-].[Li+]. The molecule has 0 aliphatic carbocycles. The summed E-state index contributed by atoms with van der Waals surface area (Å²) in [5, 5.41) is 65.9. The van der Waals surface area contributed by atoms with Crippen molar-refractivity contribution in [2.75, 3.05) is 27.4 Å². The van der Waals surface area contributed by atoms with Gasteiger partial charge in [-0.2, -0.15) is 8.42 Å². The smallest absolute Gasteiger partial charge is 1.00 e. The van der Waals surface area contributed by atoms with Gasteiger partial charge in [0.1, 0.15) is 0 Å². The number of ether oxygens (including phenoxy) is 2. The van der Waals surface area contributed by atoms with E-state index < -0.39 is 46.8 Å². The Bertz CT molecular complexity index is 675. The van der Waals surface area contributed by atoms with Crippen LogP contribution in [0.2, 0.25) is 0 Å². The van der Waals surface area contributed by atoms with Gasteiger partial charge in [0.05, 0.1) is 63.5 Å². The van der Waals surface area contributed by atoms with Gasteiger partial charge in [-0.25, -0.2) is 0 Å². The Morgan fingerprint density at radius 3 is 1.17 bits per heavy atom. The summed E-state index contributed by atoms with van der Waals surface area (Å²) in [6.45, 7) is 8.07. The van der Waals surface area contributed by atoms with E-state index in [1.54, 1.807) is 13.8 Å². The van der Waals surface area contributed by atoms with E-state index in [-0.39, 0.29) is 73.2 Å². The second-order valence-electron chi connectivity index (χ2n) is 7.80. The van der Waals surface area contributed by atoms with Gasteiger partial charge in [0.15, 0.2) is 0 Å². The van der Waals surface area contributed by atoms with E-state index >= 15 is 0 Å². The minimum atomic E-state index is -4.67. The first-order valence-electron chi connectivity index (χ1n) is 11.7. The van der Waals surface area contributed by atoms with Crippen LogP contribution in [0, 0.1) is 0 Å². The van der Waals surface area contributed by atoms with Gasteiger partial charge < -0.3 is 51.8 Å². The van der Waals surface area contributed by atoms with Crippen LogP contribution < -0.4 is 18.9 Å². The van der Waals surface area contributed by atoms with Crippen LogP contribution in [-0.2, 0) is 34.3 Å². The average Bonchev–Trinajstić information content (AvgIpc) is 2.73. The zero-order chi connectivity index (χ0) is 33.5. The largest absolute Gasteiger partial charge is 1.00 e. The van der Waals surface area contributed by atoms with E-state index in [0.29, 0.717) is 12.8 Å². The fraction of sp³-hybridized carbons (Fsp3) is 0.864. The van der Waals surface area contributed by atoms with Crippen molar-refractivity contribution in [3.8, 4) is 0 Å². The Labute approximate surface area is 263 Å². The Morgan fingerprint density at radius 2 is 1.02 bits per heavy atom. The third-order valence-corrected chi connectivity index (χ3v) is 2.97. The molecule has 0 saturated heterocycles. The summed E-state index contributed by atoms with van der Waals surface area (Å²) < 4.78 is 40.6. The van der Waals surface area contributed by atoms with Crippen LogP contribution >= 0.6 is 0 Å². The maximum Gasteiger partial charge on any atom is 1.00 e. The molecule has 10 N–H and O–H groups in total. The fourth-order valence-corrected chi connectivity index (χ4v) is 1.41. The van der Waals surface area contributed by atoms with Crippen LogP contribution in [0.5, 0.6) is 0 Å². The molecule has 0 unspecified atom stereocenters. The normalized spacial score (nSPS) is 12.7. The third-order valence-electron chi connectivity index (χ3n) is 2.97. The average molecular weight is 637 g/mol. The molecule has 0 fully saturated rings. The third kappa shape index (κ3) is 117. The van der Waals surface area contributed by atoms with E-state index in [4.69, 9.17) is 63.1 Å². The predicted octanol–water partition coefficient (Wildman–Crippen LogP) is -4.72. The number of carboxylic acid groups (broad SMARTS) is 1. The van der Waals surface area contributed by atoms with Crippen LogP contribution in [0.25, 0.3) is 0 Å². The maximum absolute atomic E-state index is 10.8. The van der Waals surface area contributed by atoms with Crippen LogP contribution in [0.1, 0.15) is 68.1 Å². The molecular weight excluding hydrogens is 586 g/mol. The summed E-state index contributed by atoms with van der Waals surface area (Å²) in [5.41, 5.74) is 0. The molecule has 0 amide bonds. The second-order valence-corrected chi connectivity index (χ2v) is 8.69. The van der Waals surface area contributed by atoms with Gasteiger partial charge in [-0.15, -0.1) is 0 Å². The van der Waals surface area contributed by atoms with Crippen molar-refractivity contribution in [2.24, 2.45) is 0 Å². The molecule has 5 atom stereocenters. The molecular formula is C22H51BLiO17S. The zero-order valence-corrected chi connectivity index (χ0v) is 26.5. The monoisotopic (exact) mass is 637 g/mol. The Balaban J connectivity index is -0.0000000479. The molecule has 0 rings (SSSR count). The van der Waals surface area contributed by atoms with Crippen molar-refractivity contribution < 1.29 is 103 Å². The van der Waals surface area contributed by atoms with E-state index in [1.165, 1.54) is 27.9 Å². The first-order chi connectivity index (χ1) is 18.1. The van der Waals surface area contributed by atoms with Gasteiger partial charge in [-0.1, -0.05) is 0 Å². The van der Waals surface area contributed by atoms with Crippen molar-refractivity contribution in [3.05, 3.63) is 0 Å². The number of carbonyl (C=O) groups excluding carboxylic acids is 2. The molecule has 0 aromatic heterocycles. The topological polar surface area (TPSA) is 306 Å². The van der Waals surface area contributed by atoms with Crippen molar-refractivity contribution in [2.45, 2.75) is 97.2 Å². The first kappa shape index (κ1) is 60.0. The van der Waals surface area contributed by atoms with Gasteiger partial charge in [0, 0.05) is 28.6 Å².